The predicted octanol–water partition coefficient (Wildman–Crippen LogP) is -0.998. The molecule has 1 aromatic carbocycles. The molecule has 92 valence electrons. The molecular weight excluding hydrogens is 471 g/mol. The van der Waals surface area contributed by atoms with E-state index in [0.29, 0.717) is 22.1 Å². The molecule has 18 heavy (non-hydrogen) atoms. The summed E-state index contributed by atoms with van der Waals surface area (Å²) in [5.41, 5.74) is 0.343. The van der Waals surface area contributed by atoms with Gasteiger partial charge in [0.15, 0.2) is 0 Å². The van der Waals surface area contributed by atoms with Crippen molar-refractivity contribution < 1.29 is 44.3 Å². The van der Waals surface area contributed by atoms with Crippen molar-refractivity contribution in [3.63, 3.8) is 0 Å². The first-order valence-corrected chi connectivity index (χ1v) is 7.11. The Bertz CT molecular complexity index is 466. The molecule has 0 bridgehead atoms. The third-order valence-electron chi connectivity index (χ3n) is 2.02. The molecule has 0 fully saturated rings. The van der Waals surface area contributed by atoms with Crippen molar-refractivity contribution in [1.29, 1.82) is 0 Å². The Hall–Kier alpha value is 0.620. The largest absolute Gasteiger partial charge is 1.00 e. The second-order valence-corrected chi connectivity index (χ2v) is 5.80. The van der Waals surface area contributed by atoms with Crippen LogP contribution in [-0.2, 0) is 4.79 Å². The smallest absolute Gasteiger partial charge is 0.545 e. The molecule has 0 radical (unpaired) electrons. The maximum atomic E-state index is 11.5. The summed E-state index contributed by atoms with van der Waals surface area (Å²) in [5.74, 6) is -1.47. The van der Waals surface area contributed by atoms with Crippen LogP contribution in [0.1, 0.15) is 30.1 Å². The summed E-state index contributed by atoms with van der Waals surface area (Å²) in [6.07, 6.45) is 1.09. The van der Waals surface area contributed by atoms with Crippen LogP contribution in [0.4, 0.5) is 5.69 Å². The van der Waals surface area contributed by atoms with E-state index in [9.17, 15) is 14.7 Å². The van der Waals surface area contributed by atoms with E-state index >= 15 is 0 Å². The Morgan fingerprint density at radius 2 is 1.94 bits per heavy atom. The minimum atomic E-state index is -1.28. The van der Waals surface area contributed by atoms with Crippen molar-refractivity contribution in [3.05, 3.63) is 24.8 Å². The summed E-state index contributed by atoms with van der Waals surface area (Å²) in [6, 6.07) is 3.29. The van der Waals surface area contributed by atoms with Crippen molar-refractivity contribution >= 4 is 62.7 Å². The number of anilines is 1. The van der Waals surface area contributed by atoms with Crippen molar-refractivity contribution in [2.75, 3.05) is 5.32 Å². The number of halogens is 2. The van der Waals surface area contributed by atoms with Gasteiger partial charge < -0.3 is 15.2 Å². The van der Waals surface area contributed by atoms with Crippen LogP contribution in [0.25, 0.3) is 0 Å². The maximum Gasteiger partial charge on any atom is 1.00 e. The minimum Gasteiger partial charge on any atom is -0.545 e. The number of nitrogens with one attached hydrogen (secondary N) is 1. The summed E-state index contributed by atoms with van der Waals surface area (Å²) in [5, 5.41) is 13.6. The molecule has 0 saturated heterocycles. The number of carboxylic acid groups (broad SMARTS) is 1. The first kappa shape index (κ1) is 18.6. The fourth-order valence-electron chi connectivity index (χ4n) is 1.29. The summed E-state index contributed by atoms with van der Waals surface area (Å²) in [4.78, 5) is 22.5. The predicted molar refractivity (Wildman–Crippen MR) is 79.7 cm³/mol. The van der Waals surface area contributed by atoms with Gasteiger partial charge in [-0.25, -0.2) is 0 Å². The average Bonchev–Trinajstić information content (AvgIpc) is 2.21. The summed E-state index contributed by atoms with van der Waals surface area (Å²) in [6.45, 7) is 1.89. The number of rotatable bonds is 4. The Morgan fingerprint density at radius 3 is 2.44 bits per heavy atom. The molecular formula is C11H10I2NNaO3. The van der Waals surface area contributed by atoms with Crippen molar-refractivity contribution in [3.8, 4) is 0 Å². The number of benzene rings is 1. The van der Waals surface area contributed by atoms with Crippen LogP contribution in [0, 0.1) is 7.14 Å². The van der Waals surface area contributed by atoms with Gasteiger partial charge in [-0.2, -0.15) is 0 Å². The Balaban J connectivity index is 0.00000289. The van der Waals surface area contributed by atoms with Gasteiger partial charge in [-0.05, 0) is 63.7 Å². The molecule has 0 spiro atoms. The summed E-state index contributed by atoms with van der Waals surface area (Å²) >= 11 is 4.02. The topological polar surface area (TPSA) is 69.2 Å². The van der Waals surface area contributed by atoms with Crippen molar-refractivity contribution in [1.82, 2.24) is 0 Å². The molecule has 0 aliphatic heterocycles. The number of carboxylic acids is 1. The number of carbonyl (C=O) groups is 2. The molecule has 0 unspecified atom stereocenters. The van der Waals surface area contributed by atoms with Crippen molar-refractivity contribution in [2.45, 2.75) is 19.8 Å². The van der Waals surface area contributed by atoms with Gasteiger partial charge in [0.1, 0.15) is 0 Å². The number of amides is 1. The van der Waals surface area contributed by atoms with Crippen LogP contribution >= 0.6 is 45.2 Å². The van der Waals surface area contributed by atoms with Gasteiger partial charge in [0.05, 0.1) is 11.7 Å². The SMILES string of the molecule is CCCC(=O)Nc1c(I)cc(I)cc1C(=O)[O-].[Na+]. The van der Waals surface area contributed by atoms with E-state index in [-0.39, 0.29) is 41.0 Å². The molecule has 0 atom stereocenters. The molecule has 4 nitrogen and oxygen atoms in total. The first-order valence-electron chi connectivity index (χ1n) is 4.96. The van der Waals surface area contributed by atoms with Gasteiger partial charge in [-0.15, -0.1) is 0 Å². The first-order chi connectivity index (χ1) is 7.95. The van der Waals surface area contributed by atoms with Gasteiger partial charge in [-0.1, -0.05) is 6.92 Å². The van der Waals surface area contributed by atoms with Crippen LogP contribution in [0.2, 0.25) is 0 Å². The zero-order chi connectivity index (χ0) is 13.0. The molecule has 0 aromatic heterocycles. The number of carbonyl (C=O) groups excluding carboxylic acids is 2. The molecule has 0 aliphatic carbocycles. The minimum absolute atomic E-state index is 0. The summed E-state index contributed by atoms with van der Waals surface area (Å²) < 4.78 is 1.48. The second-order valence-electron chi connectivity index (χ2n) is 3.40. The fourth-order valence-corrected chi connectivity index (χ4v) is 3.27. The third-order valence-corrected chi connectivity index (χ3v) is 3.49. The van der Waals surface area contributed by atoms with E-state index in [1.54, 1.807) is 6.07 Å². The molecule has 0 saturated carbocycles. The van der Waals surface area contributed by atoms with E-state index in [4.69, 9.17) is 0 Å². The quantitative estimate of drug-likeness (QED) is 0.444. The molecule has 1 rings (SSSR count). The molecule has 0 heterocycles. The number of hydrogen-bond donors (Lipinski definition) is 1. The van der Waals surface area contributed by atoms with Crippen molar-refractivity contribution in [2.24, 2.45) is 0 Å². The van der Waals surface area contributed by atoms with E-state index in [1.807, 2.05) is 52.1 Å². The molecule has 1 amide bonds. The monoisotopic (exact) mass is 481 g/mol. The van der Waals surface area contributed by atoms with E-state index in [2.05, 4.69) is 5.32 Å². The standard InChI is InChI=1S/C11H11I2NO3.Na/c1-2-3-9(15)14-10-7(11(16)17)4-6(12)5-8(10)13;/h4-5H,2-3H2,1H3,(H,14,15)(H,16,17);/q;+1/p-1. The van der Waals surface area contributed by atoms with Crippen LogP contribution in [0.5, 0.6) is 0 Å². The number of aromatic carboxylic acids is 1. The average molecular weight is 481 g/mol. The van der Waals surface area contributed by atoms with Gasteiger partial charge in [0.25, 0.3) is 0 Å². The molecule has 7 heteroatoms. The fraction of sp³-hybridized carbons (Fsp3) is 0.273. The Labute approximate surface area is 155 Å². The van der Waals surface area contributed by atoms with Crippen LogP contribution in [-0.4, -0.2) is 11.9 Å². The van der Waals surface area contributed by atoms with Crippen LogP contribution in [0.3, 0.4) is 0 Å². The van der Waals surface area contributed by atoms with Gasteiger partial charge in [0.2, 0.25) is 5.91 Å². The van der Waals surface area contributed by atoms with Gasteiger partial charge in [0, 0.05) is 19.1 Å². The van der Waals surface area contributed by atoms with Crippen LogP contribution < -0.4 is 40.0 Å². The van der Waals surface area contributed by atoms with E-state index < -0.39 is 5.97 Å². The van der Waals surface area contributed by atoms with Gasteiger partial charge >= 0.3 is 29.6 Å². The summed E-state index contributed by atoms with van der Waals surface area (Å²) in [7, 11) is 0. The molecule has 1 N–H and O–H groups in total. The zero-order valence-electron chi connectivity index (χ0n) is 10.0. The van der Waals surface area contributed by atoms with E-state index in [1.165, 1.54) is 6.07 Å². The maximum absolute atomic E-state index is 11.5. The van der Waals surface area contributed by atoms with Crippen LogP contribution in [0.15, 0.2) is 12.1 Å². The van der Waals surface area contributed by atoms with Gasteiger partial charge in [-0.3, -0.25) is 4.79 Å². The Morgan fingerprint density at radius 1 is 1.33 bits per heavy atom. The number of hydrogen-bond acceptors (Lipinski definition) is 3. The third kappa shape index (κ3) is 5.32. The zero-order valence-corrected chi connectivity index (χ0v) is 16.4. The van der Waals surface area contributed by atoms with E-state index in [0.717, 1.165) is 3.57 Å². The second kappa shape index (κ2) is 8.72. The molecule has 0 aliphatic rings. The molecule has 1 aromatic rings. The Kier molecular flexibility index (Phi) is 9.02. The normalized spacial score (nSPS) is 9.50.